The molecule has 8 heteroatoms. The molecule has 2 fully saturated rings. The number of ether oxygens (including phenoxy) is 2. The molecule has 1 atom stereocenters. The number of aliphatic hydroxyl groups is 1. The number of morpholine rings is 1. The van der Waals surface area contributed by atoms with Crippen LogP contribution in [-0.2, 0) is 14.3 Å². The summed E-state index contributed by atoms with van der Waals surface area (Å²) < 4.78 is 10.5. The second kappa shape index (κ2) is 10.1. The number of likely N-dealkylation sites (tertiary alicyclic amines) is 1. The first-order valence-electron chi connectivity index (χ1n) is 11.0. The third-order valence-corrected chi connectivity index (χ3v) is 6.07. The number of carbonyl (C=O) groups excluding carboxylic acids is 2. The Morgan fingerprint density at radius 1 is 1.09 bits per heavy atom. The van der Waals surface area contributed by atoms with Gasteiger partial charge in [-0.15, -0.1) is 0 Å². The number of nitrogens with zero attached hydrogens (tertiary/aromatic N) is 2. The van der Waals surface area contributed by atoms with Gasteiger partial charge in [-0.25, -0.2) is 0 Å². The van der Waals surface area contributed by atoms with Crippen molar-refractivity contribution >= 4 is 17.4 Å². The van der Waals surface area contributed by atoms with E-state index in [1.807, 2.05) is 0 Å². The molecule has 0 saturated carbocycles. The van der Waals surface area contributed by atoms with Gasteiger partial charge in [0, 0.05) is 31.7 Å². The lowest BCUT2D eigenvalue weighted by atomic mass is 9.95. The number of phenols is 1. The molecule has 0 aliphatic carbocycles. The van der Waals surface area contributed by atoms with Crippen molar-refractivity contribution in [3.05, 3.63) is 65.2 Å². The van der Waals surface area contributed by atoms with Crippen LogP contribution >= 0.6 is 0 Å². The van der Waals surface area contributed by atoms with Crippen LogP contribution in [0.4, 0.5) is 0 Å². The maximum atomic E-state index is 13.1. The first kappa shape index (κ1) is 22.8. The summed E-state index contributed by atoms with van der Waals surface area (Å²) >= 11 is 0. The summed E-state index contributed by atoms with van der Waals surface area (Å²) in [7, 11) is 1.54. The fraction of sp³-hybridized carbons (Fsp3) is 0.360. The molecular weight excluding hydrogens is 424 g/mol. The quantitative estimate of drug-likeness (QED) is 0.378. The molecule has 2 aromatic rings. The number of Topliss-reactive ketones (excluding diaryl/α,β-unsaturated/α-hetero) is 1. The molecule has 2 N–H and O–H groups in total. The predicted molar refractivity (Wildman–Crippen MR) is 122 cm³/mol. The predicted octanol–water partition coefficient (Wildman–Crippen LogP) is 2.54. The topological polar surface area (TPSA) is 99.5 Å². The van der Waals surface area contributed by atoms with Gasteiger partial charge in [0.1, 0.15) is 17.3 Å². The van der Waals surface area contributed by atoms with Crippen LogP contribution in [0.3, 0.4) is 0 Å². The lowest BCUT2D eigenvalue weighted by molar-refractivity contribution is -0.140. The number of benzene rings is 2. The molecule has 2 aliphatic rings. The van der Waals surface area contributed by atoms with Gasteiger partial charge in [-0.2, -0.15) is 0 Å². The number of aliphatic hydroxyl groups excluding tert-OH is 1. The summed E-state index contributed by atoms with van der Waals surface area (Å²) in [5.41, 5.74) is 0.991. The Bertz CT molecular complexity index is 1040. The fourth-order valence-corrected chi connectivity index (χ4v) is 4.35. The van der Waals surface area contributed by atoms with Crippen molar-refractivity contribution in [3.8, 4) is 11.5 Å². The van der Waals surface area contributed by atoms with E-state index in [1.54, 1.807) is 43.5 Å². The molecule has 174 valence electrons. The lowest BCUT2D eigenvalue weighted by Crippen LogP contribution is -2.38. The number of methoxy groups -OCH3 is 1. The minimum atomic E-state index is -0.788. The third-order valence-electron chi connectivity index (χ3n) is 6.07. The minimum Gasteiger partial charge on any atom is -0.508 e. The van der Waals surface area contributed by atoms with Gasteiger partial charge in [0.2, 0.25) is 0 Å². The average Bonchev–Trinajstić information content (AvgIpc) is 3.09. The number of rotatable bonds is 7. The Hall–Kier alpha value is -3.36. The molecule has 4 rings (SSSR count). The molecule has 0 aromatic heterocycles. The van der Waals surface area contributed by atoms with E-state index in [2.05, 4.69) is 4.90 Å². The number of amides is 1. The van der Waals surface area contributed by atoms with Gasteiger partial charge in [0.05, 0.1) is 31.9 Å². The van der Waals surface area contributed by atoms with Gasteiger partial charge < -0.3 is 24.6 Å². The van der Waals surface area contributed by atoms with Crippen molar-refractivity contribution in [2.75, 3.05) is 46.5 Å². The van der Waals surface area contributed by atoms with E-state index in [1.165, 1.54) is 17.0 Å². The monoisotopic (exact) mass is 452 g/mol. The minimum absolute atomic E-state index is 0.0159. The van der Waals surface area contributed by atoms with Crippen LogP contribution in [0.25, 0.3) is 5.76 Å². The molecule has 8 nitrogen and oxygen atoms in total. The van der Waals surface area contributed by atoms with Crippen molar-refractivity contribution in [3.63, 3.8) is 0 Å². The molecule has 0 spiro atoms. The van der Waals surface area contributed by atoms with Gasteiger partial charge >= 0.3 is 0 Å². The molecule has 0 bridgehead atoms. The summed E-state index contributed by atoms with van der Waals surface area (Å²) in [4.78, 5) is 29.8. The second-order valence-corrected chi connectivity index (χ2v) is 8.12. The van der Waals surface area contributed by atoms with Gasteiger partial charge in [0.15, 0.2) is 0 Å². The zero-order chi connectivity index (χ0) is 23.4. The first-order chi connectivity index (χ1) is 16.0. The highest BCUT2D eigenvalue weighted by Gasteiger charge is 2.45. The Kier molecular flexibility index (Phi) is 6.96. The summed E-state index contributed by atoms with van der Waals surface area (Å²) in [5.74, 6) is -1.00. The fourth-order valence-electron chi connectivity index (χ4n) is 4.35. The number of ketones is 1. The Morgan fingerprint density at radius 3 is 2.48 bits per heavy atom. The number of hydrogen-bond donors (Lipinski definition) is 2. The van der Waals surface area contributed by atoms with Gasteiger partial charge in [-0.05, 0) is 48.4 Å². The van der Waals surface area contributed by atoms with Crippen LogP contribution in [0.15, 0.2) is 54.1 Å². The second-order valence-electron chi connectivity index (χ2n) is 8.12. The zero-order valence-electron chi connectivity index (χ0n) is 18.6. The summed E-state index contributed by atoms with van der Waals surface area (Å²) in [6.45, 7) is 4.18. The standard InChI is InChI=1S/C25H28N2O6/c1-32-20-8-6-17(7-9-20)23(29)21-22(18-4-2-5-19(28)16-18)27(25(31)24(21)30)11-3-10-26-12-14-33-15-13-26/h2,4-9,16,22,28-29H,3,10-15H2,1H3/t22-/m1/s1. The lowest BCUT2D eigenvalue weighted by Gasteiger charge is -2.29. The van der Waals surface area contributed by atoms with E-state index in [0.29, 0.717) is 43.1 Å². The molecule has 2 saturated heterocycles. The molecule has 33 heavy (non-hydrogen) atoms. The summed E-state index contributed by atoms with van der Waals surface area (Å²) in [6.07, 6.45) is 0.672. The van der Waals surface area contributed by atoms with E-state index < -0.39 is 17.7 Å². The smallest absolute Gasteiger partial charge is 0.295 e. The summed E-state index contributed by atoms with van der Waals surface area (Å²) in [6, 6.07) is 12.3. The Balaban J connectivity index is 1.66. The zero-order valence-corrected chi connectivity index (χ0v) is 18.6. The van der Waals surface area contributed by atoms with Gasteiger partial charge in [-0.1, -0.05) is 12.1 Å². The molecular formula is C25H28N2O6. The van der Waals surface area contributed by atoms with Gasteiger partial charge in [0.25, 0.3) is 11.7 Å². The molecule has 2 aliphatic heterocycles. The Labute approximate surface area is 192 Å². The van der Waals surface area contributed by atoms with Crippen LogP contribution in [0.1, 0.15) is 23.6 Å². The number of carbonyl (C=O) groups is 2. The van der Waals surface area contributed by atoms with Crippen molar-refractivity contribution in [1.82, 2.24) is 9.80 Å². The van der Waals surface area contributed by atoms with E-state index in [9.17, 15) is 19.8 Å². The molecule has 0 unspecified atom stereocenters. The SMILES string of the molecule is COc1ccc(C(O)=C2C(=O)C(=O)N(CCCN3CCOCC3)[C@@H]2c2cccc(O)c2)cc1. The van der Waals surface area contributed by atoms with E-state index >= 15 is 0 Å². The maximum absolute atomic E-state index is 13.1. The first-order valence-corrected chi connectivity index (χ1v) is 11.0. The van der Waals surface area contributed by atoms with E-state index in [0.717, 1.165) is 19.6 Å². The maximum Gasteiger partial charge on any atom is 0.295 e. The molecule has 1 amide bonds. The highest BCUT2D eigenvalue weighted by molar-refractivity contribution is 6.46. The van der Waals surface area contributed by atoms with Crippen LogP contribution in [-0.4, -0.2) is 78.2 Å². The van der Waals surface area contributed by atoms with E-state index in [-0.39, 0.29) is 17.1 Å². The summed E-state index contributed by atoms with van der Waals surface area (Å²) in [5, 5.41) is 21.1. The van der Waals surface area contributed by atoms with Gasteiger partial charge in [-0.3, -0.25) is 14.5 Å². The Morgan fingerprint density at radius 2 is 1.82 bits per heavy atom. The van der Waals surface area contributed by atoms with E-state index in [4.69, 9.17) is 9.47 Å². The van der Waals surface area contributed by atoms with Crippen molar-refractivity contribution in [2.24, 2.45) is 0 Å². The molecule has 2 heterocycles. The van der Waals surface area contributed by atoms with Crippen LogP contribution < -0.4 is 4.74 Å². The van der Waals surface area contributed by atoms with Crippen molar-refractivity contribution in [1.29, 1.82) is 0 Å². The highest BCUT2D eigenvalue weighted by atomic mass is 16.5. The normalized spacial score (nSPS) is 20.9. The largest absolute Gasteiger partial charge is 0.508 e. The van der Waals surface area contributed by atoms with Crippen molar-refractivity contribution in [2.45, 2.75) is 12.5 Å². The average molecular weight is 453 g/mol. The molecule has 0 radical (unpaired) electrons. The highest BCUT2D eigenvalue weighted by Crippen LogP contribution is 2.40. The number of hydrogen-bond acceptors (Lipinski definition) is 7. The van der Waals surface area contributed by atoms with Crippen molar-refractivity contribution < 1.29 is 29.3 Å². The number of aromatic hydroxyl groups is 1. The molecule has 2 aromatic carbocycles. The number of phenolic OH excluding ortho intramolecular Hbond substituents is 1. The third kappa shape index (κ3) is 4.86. The van der Waals surface area contributed by atoms with Crippen LogP contribution in [0, 0.1) is 0 Å². The van der Waals surface area contributed by atoms with Crippen LogP contribution in [0.2, 0.25) is 0 Å². The van der Waals surface area contributed by atoms with Crippen LogP contribution in [0.5, 0.6) is 11.5 Å².